The fraction of sp³-hybridized carbons (Fsp3) is 0. The van der Waals surface area contributed by atoms with Crippen LogP contribution in [0.2, 0.25) is 0 Å². The molecule has 0 aliphatic heterocycles. The summed E-state index contributed by atoms with van der Waals surface area (Å²) in [5, 5.41) is 17.7. The predicted octanol–water partition coefficient (Wildman–Crippen LogP) is 3.24. The Bertz CT molecular complexity index is 1180. The monoisotopic (exact) mass is 316 g/mol. The van der Waals surface area contributed by atoms with Crippen molar-refractivity contribution in [2.45, 2.75) is 0 Å². The first kappa shape index (κ1) is 12.5. The smallest absolute Gasteiger partial charge is 0.185 e. The van der Waals surface area contributed by atoms with Crippen LogP contribution < -0.4 is 0 Å². The van der Waals surface area contributed by atoms with Crippen molar-refractivity contribution in [3.63, 3.8) is 0 Å². The minimum Gasteiger partial charge on any atom is -0.255 e. The van der Waals surface area contributed by atoms with Crippen molar-refractivity contribution in [1.29, 1.82) is 0 Å². The van der Waals surface area contributed by atoms with E-state index < -0.39 is 0 Å². The highest BCUT2D eigenvalue weighted by atomic mass is 32.1. The van der Waals surface area contributed by atoms with Crippen LogP contribution in [0.1, 0.15) is 0 Å². The van der Waals surface area contributed by atoms with Crippen molar-refractivity contribution in [2.24, 2.45) is 0 Å². The molecule has 23 heavy (non-hydrogen) atoms. The summed E-state index contributed by atoms with van der Waals surface area (Å²) >= 11 is 1.54. The summed E-state index contributed by atoms with van der Waals surface area (Å²) < 4.78 is 1.00. The quantitative estimate of drug-likeness (QED) is 0.472. The molecule has 5 aromatic rings. The van der Waals surface area contributed by atoms with E-state index in [0.29, 0.717) is 11.3 Å². The Balaban J connectivity index is 1.81. The molecule has 0 spiro atoms. The molecule has 0 aliphatic rings. The first-order chi connectivity index (χ1) is 11.4. The maximum absolute atomic E-state index is 4.67. The molecule has 0 bridgehead atoms. The van der Waals surface area contributed by atoms with Crippen molar-refractivity contribution < 1.29 is 0 Å². The van der Waals surface area contributed by atoms with Gasteiger partial charge < -0.3 is 0 Å². The van der Waals surface area contributed by atoms with E-state index in [4.69, 9.17) is 0 Å². The van der Waals surface area contributed by atoms with Crippen LogP contribution in [0.3, 0.4) is 0 Å². The van der Waals surface area contributed by atoms with Crippen LogP contribution in [0.15, 0.2) is 48.8 Å². The zero-order chi connectivity index (χ0) is 15.2. The molecule has 4 heterocycles. The minimum atomic E-state index is 0.571. The molecule has 0 aliphatic carbocycles. The number of aromatic nitrogens is 6. The van der Waals surface area contributed by atoms with Gasteiger partial charge in [0.1, 0.15) is 10.3 Å². The topological polar surface area (TPSA) is 77.3 Å². The van der Waals surface area contributed by atoms with Gasteiger partial charge in [0.05, 0.1) is 16.4 Å². The van der Waals surface area contributed by atoms with Gasteiger partial charge in [0.2, 0.25) is 0 Å². The van der Waals surface area contributed by atoms with E-state index in [0.717, 1.165) is 31.5 Å². The van der Waals surface area contributed by atoms with Gasteiger partial charge in [-0.3, -0.25) is 4.98 Å². The van der Waals surface area contributed by atoms with Crippen molar-refractivity contribution in [3.8, 4) is 11.4 Å². The summed E-state index contributed by atoms with van der Waals surface area (Å²) in [7, 11) is 0. The second kappa shape index (κ2) is 4.72. The molecule has 7 heteroatoms. The number of benzene rings is 1. The van der Waals surface area contributed by atoms with Crippen LogP contribution in [0.5, 0.6) is 0 Å². The van der Waals surface area contributed by atoms with Crippen molar-refractivity contribution in [1.82, 2.24) is 30.4 Å². The second-order valence-electron chi connectivity index (χ2n) is 5.02. The molecule has 0 unspecified atom stereocenters. The SMILES string of the molecule is c1cnc2c(-c3nnc4c(n3)sc3ccnnc34)cccc2c1. The molecule has 0 amide bonds. The molecule has 4 aromatic heterocycles. The van der Waals surface area contributed by atoms with E-state index in [2.05, 4.69) is 30.4 Å². The molecule has 1 aromatic carbocycles. The third-order valence-electron chi connectivity index (χ3n) is 3.64. The average Bonchev–Trinajstić information content (AvgIpc) is 2.99. The van der Waals surface area contributed by atoms with E-state index in [1.54, 1.807) is 12.4 Å². The number of fused-ring (bicyclic) bond motifs is 4. The van der Waals surface area contributed by atoms with Gasteiger partial charge in [-0.2, -0.15) is 5.10 Å². The Morgan fingerprint density at radius 3 is 2.74 bits per heavy atom. The zero-order valence-corrected chi connectivity index (χ0v) is 12.5. The fourth-order valence-corrected chi connectivity index (χ4v) is 3.54. The van der Waals surface area contributed by atoms with Gasteiger partial charge >= 0.3 is 0 Å². The molecular formula is C16H8N6S. The first-order valence-corrected chi connectivity index (χ1v) is 7.80. The molecule has 108 valence electrons. The van der Waals surface area contributed by atoms with E-state index >= 15 is 0 Å². The fourth-order valence-electron chi connectivity index (χ4n) is 2.60. The Morgan fingerprint density at radius 1 is 0.783 bits per heavy atom. The summed E-state index contributed by atoms with van der Waals surface area (Å²) in [6.45, 7) is 0. The van der Waals surface area contributed by atoms with Crippen LogP contribution >= 0.6 is 11.3 Å². The molecule has 0 saturated carbocycles. The summed E-state index contributed by atoms with van der Waals surface area (Å²) in [4.78, 5) is 9.93. The second-order valence-corrected chi connectivity index (χ2v) is 6.05. The predicted molar refractivity (Wildman–Crippen MR) is 89.0 cm³/mol. The van der Waals surface area contributed by atoms with Gasteiger partial charge in [-0.25, -0.2) is 4.98 Å². The largest absolute Gasteiger partial charge is 0.255 e. The highest BCUT2D eigenvalue weighted by Crippen LogP contribution is 2.31. The number of para-hydroxylation sites is 1. The van der Waals surface area contributed by atoms with Crippen molar-refractivity contribution in [2.75, 3.05) is 0 Å². The van der Waals surface area contributed by atoms with Crippen LogP contribution in [-0.4, -0.2) is 30.4 Å². The number of hydrogen-bond acceptors (Lipinski definition) is 7. The normalized spacial score (nSPS) is 11.5. The average molecular weight is 316 g/mol. The first-order valence-electron chi connectivity index (χ1n) is 6.99. The summed E-state index contributed by atoms with van der Waals surface area (Å²) in [6.07, 6.45) is 3.44. The van der Waals surface area contributed by atoms with Crippen molar-refractivity contribution >= 4 is 42.8 Å². The molecule has 0 N–H and O–H groups in total. The maximum atomic E-state index is 4.67. The highest BCUT2D eigenvalue weighted by molar-refractivity contribution is 7.25. The van der Waals surface area contributed by atoms with Crippen LogP contribution in [0.25, 0.3) is 42.9 Å². The molecule has 0 atom stereocenters. The number of thiophene rings is 1. The zero-order valence-electron chi connectivity index (χ0n) is 11.7. The molecule has 6 nitrogen and oxygen atoms in total. The highest BCUT2D eigenvalue weighted by Gasteiger charge is 2.13. The Morgan fingerprint density at radius 2 is 1.74 bits per heavy atom. The molecule has 5 rings (SSSR count). The number of pyridine rings is 1. The third-order valence-corrected chi connectivity index (χ3v) is 4.67. The van der Waals surface area contributed by atoms with Gasteiger partial charge in [0, 0.05) is 17.1 Å². The van der Waals surface area contributed by atoms with Crippen LogP contribution in [-0.2, 0) is 0 Å². The summed E-state index contributed by atoms with van der Waals surface area (Å²) in [5.41, 5.74) is 3.18. The lowest BCUT2D eigenvalue weighted by atomic mass is 10.1. The van der Waals surface area contributed by atoms with E-state index in [-0.39, 0.29) is 0 Å². The Labute approximate surface area is 133 Å². The van der Waals surface area contributed by atoms with Gasteiger partial charge in [-0.1, -0.05) is 18.2 Å². The standard InChI is InChI=1S/C16H8N6S/c1-3-9-4-2-7-17-12(9)10(5-1)15-19-16-14(21-22-15)13-11(23-16)6-8-18-20-13/h1-8H. The summed E-state index contributed by atoms with van der Waals surface area (Å²) in [5.74, 6) is 0.571. The number of nitrogens with zero attached hydrogens (tertiary/aromatic N) is 6. The van der Waals surface area contributed by atoms with Gasteiger partial charge in [-0.05, 0) is 18.2 Å². The lowest BCUT2D eigenvalue weighted by Crippen LogP contribution is -1.94. The molecule has 0 radical (unpaired) electrons. The van der Waals surface area contributed by atoms with Gasteiger partial charge in [0.15, 0.2) is 11.3 Å². The van der Waals surface area contributed by atoms with Crippen molar-refractivity contribution in [3.05, 3.63) is 48.8 Å². The van der Waals surface area contributed by atoms with Gasteiger partial charge in [-0.15, -0.1) is 26.6 Å². The lowest BCUT2D eigenvalue weighted by molar-refractivity contribution is 1.03. The van der Waals surface area contributed by atoms with E-state index in [9.17, 15) is 0 Å². The van der Waals surface area contributed by atoms with Crippen LogP contribution in [0.4, 0.5) is 0 Å². The summed E-state index contributed by atoms with van der Waals surface area (Å²) in [6, 6.07) is 11.8. The lowest BCUT2D eigenvalue weighted by Gasteiger charge is -2.03. The van der Waals surface area contributed by atoms with E-state index in [1.165, 1.54) is 11.3 Å². The maximum Gasteiger partial charge on any atom is 0.185 e. The third kappa shape index (κ3) is 1.87. The minimum absolute atomic E-state index is 0.571. The Hall–Kier alpha value is -3.06. The Kier molecular flexibility index (Phi) is 2.56. The molecule has 0 saturated heterocycles. The van der Waals surface area contributed by atoms with Crippen LogP contribution in [0, 0.1) is 0 Å². The molecular weight excluding hydrogens is 308 g/mol. The van der Waals surface area contributed by atoms with E-state index in [1.807, 2.05) is 36.4 Å². The molecule has 0 fully saturated rings. The number of rotatable bonds is 1. The van der Waals surface area contributed by atoms with Gasteiger partial charge in [0.25, 0.3) is 0 Å². The number of hydrogen-bond donors (Lipinski definition) is 0.